The Balaban J connectivity index is 1.46. The summed E-state index contributed by atoms with van der Waals surface area (Å²) in [5.74, 6) is -2.00. The second kappa shape index (κ2) is 15.2. The van der Waals surface area contributed by atoms with Gasteiger partial charge in [0.2, 0.25) is 0 Å². The number of methoxy groups -OCH3 is 2. The van der Waals surface area contributed by atoms with Crippen LogP contribution in [0.3, 0.4) is 0 Å². The number of nitrogens with zero attached hydrogens (tertiary/aromatic N) is 5. The van der Waals surface area contributed by atoms with E-state index in [0.29, 0.717) is 42.7 Å². The van der Waals surface area contributed by atoms with Crippen LogP contribution in [0.5, 0.6) is 11.5 Å². The molecule has 3 aromatic carbocycles. The van der Waals surface area contributed by atoms with Crippen molar-refractivity contribution in [2.45, 2.75) is 48.8 Å². The van der Waals surface area contributed by atoms with Gasteiger partial charge in [0.05, 0.1) is 26.3 Å². The minimum atomic E-state index is -4.91. The van der Waals surface area contributed by atoms with E-state index in [4.69, 9.17) is 21.1 Å². The molecular formula is C35H37ClF5N5O4S. The van der Waals surface area contributed by atoms with Crippen LogP contribution in [0.2, 0.25) is 5.02 Å². The van der Waals surface area contributed by atoms with E-state index >= 15 is 8.78 Å². The first-order chi connectivity index (χ1) is 24.1. The molecule has 1 saturated heterocycles. The molecule has 0 aliphatic carbocycles. The number of aromatic nitrogens is 2. The summed E-state index contributed by atoms with van der Waals surface area (Å²) in [5.41, 5.74) is -0.560. The van der Waals surface area contributed by atoms with E-state index in [1.165, 1.54) is 32.5 Å². The lowest BCUT2D eigenvalue weighted by atomic mass is 9.82. The number of sulfonamides is 1. The Morgan fingerprint density at radius 2 is 1.71 bits per heavy atom. The molecular weight excluding hydrogens is 717 g/mol. The zero-order chi connectivity index (χ0) is 37.1. The molecule has 1 unspecified atom stereocenters. The van der Waals surface area contributed by atoms with E-state index in [2.05, 4.69) is 9.97 Å². The molecule has 2 heterocycles. The van der Waals surface area contributed by atoms with Crippen molar-refractivity contribution >= 4 is 33.1 Å². The first kappa shape index (κ1) is 38.0. The highest BCUT2D eigenvalue weighted by molar-refractivity contribution is 7.92. The summed E-state index contributed by atoms with van der Waals surface area (Å²) in [6.07, 6.45) is -0.212. The van der Waals surface area contributed by atoms with Crippen LogP contribution in [0.1, 0.15) is 36.0 Å². The van der Waals surface area contributed by atoms with E-state index < -0.39 is 43.8 Å². The lowest BCUT2D eigenvalue weighted by Gasteiger charge is -2.48. The summed E-state index contributed by atoms with van der Waals surface area (Å²) >= 11 is 6.29. The molecule has 1 fully saturated rings. The molecule has 0 amide bonds. The predicted octanol–water partition coefficient (Wildman–Crippen LogP) is 7.37. The Labute approximate surface area is 298 Å². The third-order valence-corrected chi connectivity index (χ3v) is 11.4. The first-order valence-electron chi connectivity index (χ1n) is 15.9. The normalized spacial score (nSPS) is 16.7. The van der Waals surface area contributed by atoms with E-state index in [-0.39, 0.29) is 41.8 Å². The van der Waals surface area contributed by atoms with Crippen LogP contribution in [0.15, 0.2) is 72.0 Å². The van der Waals surface area contributed by atoms with Crippen LogP contribution in [0.25, 0.3) is 0 Å². The summed E-state index contributed by atoms with van der Waals surface area (Å²) in [7, 11) is 1.63. The van der Waals surface area contributed by atoms with Crippen LogP contribution in [-0.4, -0.2) is 70.2 Å². The monoisotopic (exact) mass is 753 g/mol. The molecule has 0 radical (unpaired) electrons. The molecule has 1 aromatic heterocycles. The fourth-order valence-corrected chi connectivity index (χ4v) is 8.09. The smallest absolute Gasteiger partial charge is 0.416 e. The minimum absolute atomic E-state index is 0.123. The van der Waals surface area contributed by atoms with Gasteiger partial charge >= 0.3 is 6.18 Å². The predicted molar refractivity (Wildman–Crippen MR) is 184 cm³/mol. The number of benzene rings is 3. The Morgan fingerprint density at radius 1 is 0.980 bits per heavy atom. The fraction of sp³-hybridized carbons (Fsp3) is 0.371. The third-order valence-electron chi connectivity index (χ3n) is 9.26. The van der Waals surface area contributed by atoms with Gasteiger partial charge in [-0.25, -0.2) is 31.5 Å². The van der Waals surface area contributed by atoms with Crippen molar-refractivity contribution in [1.82, 2.24) is 14.9 Å². The van der Waals surface area contributed by atoms with E-state index in [0.717, 1.165) is 34.9 Å². The number of aryl methyl sites for hydroxylation is 1. The number of anilines is 2. The number of hydrogen-bond acceptors (Lipinski definition) is 8. The molecule has 1 aliphatic rings. The van der Waals surface area contributed by atoms with E-state index in [9.17, 15) is 21.6 Å². The van der Waals surface area contributed by atoms with Gasteiger partial charge in [-0.1, -0.05) is 11.6 Å². The highest BCUT2D eigenvalue weighted by atomic mass is 35.5. The molecule has 274 valence electrons. The van der Waals surface area contributed by atoms with Crippen molar-refractivity contribution in [3.8, 4) is 11.5 Å². The van der Waals surface area contributed by atoms with Gasteiger partial charge in [0.15, 0.2) is 4.90 Å². The zero-order valence-corrected chi connectivity index (χ0v) is 29.9. The van der Waals surface area contributed by atoms with Crippen molar-refractivity contribution in [3.05, 3.63) is 100 Å². The lowest BCUT2D eigenvalue weighted by Crippen LogP contribution is -2.56. The summed E-state index contributed by atoms with van der Waals surface area (Å²) in [6.45, 7) is 0.293. The Hall–Kier alpha value is -4.21. The fourth-order valence-electron chi connectivity index (χ4n) is 6.38. The molecule has 1 aliphatic heterocycles. The SMILES string of the molecule is COc1ccc(CN(c2ccncn2)S(=O)(=O)c2c(F)cc(N3CCCC(CCc4cc(C(F)(F)F)ccc4Cl)(N(C)C)C3)cc2F)c(OC)c1. The van der Waals surface area contributed by atoms with Crippen molar-refractivity contribution in [2.75, 3.05) is 50.6 Å². The highest BCUT2D eigenvalue weighted by Gasteiger charge is 2.39. The number of piperidine rings is 1. The zero-order valence-electron chi connectivity index (χ0n) is 28.3. The number of ether oxygens (including phenoxy) is 2. The average Bonchev–Trinajstić information content (AvgIpc) is 3.09. The largest absolute Gasteiger partial charge is 0.497 e. The van der Waals surface area contributed by atoms with Crippen LogP contribution < -0.4 is 18.7 Å². The summed E-state index contributed by atoms with van der Waals surface area (Å²) in [4.78, 5) is 10.4. The molecule has 1 atom stereocenters. The summed E-state index contributed by atoms with van der Waals surface area (Å²) in [6, 6.07) is 11.2. The maximum Gasteiger partial charge on any atom is 0.416 e. The van der Waals surface area contributed by atoms with Gasteiger partial charge in [0.1, 0.15) is 35.3 Å². The lowest BCUT2D eigenvalue weighted by molar-refractivity contribution is -0.137. The number of hydrogen-bond donors (Lipinski definition) is 0. The standard InChI is InChI=1S/C35H37ClF5N5O4S/c1-44(2)34(13-10-23-16-25(35(39,40)41)7-9-28(23)36)12-5-15-45(21-34)26-17-29(37)33(30(38)18-26)51(47,48)46(32-11-14-42-22-43-32)20-24-6-8-27(49-3)19-31(24)50-4/h6-9,11,14,16-19,22H,5,10,12-13,15,20-21H2,1-4H3. The molecule has 51 heavy (non-hydrogen) atoms. The number of rotatable bonds is 12. The van der Waals surface area contributed by atoms with E-state index in [1.54, 1.807) is 23.1 Å². The second-order valence-electron chi connectivity index (χ2n) is 12.4. The topological polar surface area (TPSA) is 88.1 Å². The average molecular weight is 754 g/mol. The van der Waals surface area contributed by atoms with Crippen molar-refractivity contribution < 1.29 is 39.8 Å². The minimum Gasteiger partial charge on any atom is -0.497 e. The van der Waals surface area contributed by atoms with E-state index in [1.807, 2.05) is 19.0 Å². The second-order valence-corrected chi connectivity index (χ2v) is 14.6. The quantitative estimate of drug-likeness (QED) is 0.139. The van der Waals surface area contributed by atoms with Gasteiger partial charge in [-0.05, 0) is 87.8 Å². The molecule has 0 spiro atoms. The van der Waals surface area contributed by atoms with Gasteiger partial charge in [-0.15, -0.1) is 0 Å². The van der Waals surface area contributed by atoms with Crippen LogP contribution in [0, 0.1) is 11.6 Å². The molecule has 9 nitrogen and oxygen atoms in total. The molecule has 0 saturated carbocycles. The van der Waals surface area contributed by atoms with Crippen molar-refractivity contribution in [3.63, 3.8) is 0 Å². The third kappa shape index (κ3) is 8.15. The van der Waals surface area contributed by atoms with Crippen LogP contribution in [-0.2, 0) is 29.2 Å². The number of alkyl halides is 3. The number of halogens is 6. The van der Waals surface area contributed by atoms with Crippen molar-refractivity contribution in [1.29, 1.82) is 0 Å². The van der Waals surface area contributed by atoms with Gasteiger partial charge in [0, 0.05) is 53.2 Å². The Bertz CT molecular complexity index is 1950. The first-order valence-corrected chi connectivity index (χ1v) is 17.7. The van der Waals surface area contributed by atoms with Crippen LogP contribution >= 0.6 is 11.6 Å². The van der Waals surface area contributed by atoms with Crippen molar-refractivity contribution in [2.24, 2.45) is 0 Å². The highest BCUT2D eigenvalue weighted by Crippen LogP contribution is 2.38. The number of likely N-dealkylation sites (N-methyl/N-ethyl adjacent to an activating group) is 1. The maximum absolute atomic E-state index is 16.1. The summed E-state index contributed by atoms with van der Waals surface area (Å²) in [5, 5.41) is 0.215. The maximum atomic E-state index is 16.1. The van der Waals surface area contributed by atoms with Gasteiger partial charge in [0.25, 0.3) is 10.0 Å². The molecule has 0 bridgehead atoms. The van der Waals surface area contributed by atoms with Gasteiger partial charge < -0.3 is 19.3 Å². The van der Waals surface area contributed by atoms with Gasteiger partial charge in [-0.2, -0.15) is 13.2 Å². The van der Waals surface area contributed by atoms with Crippen LogP contribution in [0.4, 0.5) is 33.5 Å². The molecule has 4 aromatic rings. The van der Waals surface area contributed by atoms with Gasteiger partial charge in [-0.3, -0.25) is 0 Å². The molecule has 5 rings (SSSR count). The molecule has 16 heteroatoms. The summed E-state index contributed by atoms with van der Waals surface area (Å²) < 4.78 is 112. The molecule has 0 N–H and O–H groups in total. The Kier molecular flexibility index (Phi) is 11.3. The Morgan fingerprint density at radius 3 is 2.31 bits per heavy atom.